The summed E-state index contributed by atoms with van der Waals surface area (Å²) in [7, 11) is 3.77. The van der Waals surface area contributed by atoms with E-state index in [1.807, 2.05) is 27.8 Å². The van der Waals surface area contributed by atoms with E-state index in [1.54, 1.807) is 7.05 Å². The van der Waals surface area contributed by atoms with Gasteiger partial charge in [-0.05, 0) is 50.8 Å². The highest BCUT2D eigenvalue weighted by atomic mass is 32.2. The third kappa shape index (κ3) is 8.52. The van der Waals surface area contributed by atoms with E-state index in [9.17, 15) is 9.59 Å². The molecule has 5 nitrogen and oxygen atoms in total. The minimum Gasteiger partial charge on any atom is -0.357 e. The summed E-state index contributed by atoms with van der Waals surface area (Å²) in [4.78, 5) is 26.8. The quantitative estimate of drug-likeness (QED) is 0.461. The molecule has 0 bridgehead atoms. The maximum atomic E-state index is 10.9. The molecule has 26 heavy (non-hydrogen) atoms. The van der Waals surface area contributed by atoms with Crippen LogP contribution < -0.4 is 10.2 Å². The van der Waals surface area contributed by atoms with Crippen molar-refractivity contribution in [2.45, 2.75) is 58.8 Å². The lowest BCUT2D eigenvalue weighted by molar-refractivity contribution is -0.110. The van der Waals surface area contributed by atoms with Gasteiger partial charge in [-0.2, -0.15) is 0 Å². The zero-order valence-corrected chi connectivity index (χ0v) is 18.1. The molecular weight excluding hydrogens is 346 g/mol. The van der Waals surface area contributed by atoms with Gasteiger partial charge in [-0.25, -0.2) is 0 Å². The molecule has 146 valence electrons. The van der Waals surface area contributed by atoms with Gasteiger partial charge in [0.1, 0.15) is 6.29 Å². The zero-order valence-electron chi connectivity index (χ0n) is 17.2. The Morgan fingerprint density at radius 2 is 1.81 bits per heavy atom. The van der Waals surface area contributed by atoms with Crippen molar-refractivity contribution in [2.24, 2.45) is 4.99 Å². The van der Waals surface area contributed by atoms with E-state index in [0.717, 1.165) is 17.1 Å². The maximum Gasteiger partial charge on any atom is 0.207 e. The first kappa shape index (κ1) is 24.2. The molecule has 0 aliphatic rings. The van der Waals surface area contributed by atoms with Gasteiger partial charge in [0, 0.05) is 25.8 Å². The van der Waals surface area contributed by atoms with Crippen LogP contribution in [0.15, 0.2) is 23.2 Å². The normalized spacial score (nSPS) is 12.3. The molecule has 0 spiro atoms. The Hall–Kier alpha value is -1.82. The van der Waals surface area contributed by atoms with Crippen molar-refractivity contribution in [3.63, 3.8) is 0 Å². The summed E-state index contributed by atoms with van der Waals surface area (Å²) in [5.74, 6) is 0.444. The monoisotopic (exact) mass is 379 g/mol. The van der Waals surface area contributed by atoms with Crippen molar-refractivity contribution >= 4 is 35.3 Å². The number of carbonyl (C=O) groups excluding carboxylic acids is 2. The molecule has 0 radical (unpaired) electrons. The molecule has 0 aliphatic heterocycles. The van der Waals surface area contributed by atoms with Gasteiger partial charge in [-0.3, -0.25) is 9.79 Å². The Morgan fingerprint density at radius 1 is 1.19 bits per heavy atom. The number of hydrogen-bond acceptors (Lipinski definition) is 4. The number of carbonyl (C=O) groups is 2. The number of thioether (sulfide) groups is 1. The summed E-state index contributed by atoms with van der Waals surface area (Å²) in [6.07, 6.45) is 1.65. The van der Waals surface area contributed by atoms with Crippen molar-refractivity contribution in [3.05, 3.63) is 29.3 Å². The summed E-state index contributed by atoms with van der Waals surface area (Å²) < 4.78 is 0. The highest BCUT2D eigenvalue weighted by molar-refractivity contribution is 8.15. The SMILES string of the molecule is CC(C)NC=O.CN=C(SC(C)C=O)N(C)c1cc(C)ccc1C(C)C. The fourth-order valence-corrected chi connectivity index (χ4v) is 2.90. The van der Waals surface area contributed by atoms with Gasteiger partial charge in [-0.1, -0.05) is 37.7 Å². The van der Waals surface area contributed by atoms with Crippen molar-refractivity contribution in [1.29, 1.82) is 0 Å². The van der Waals surface area contributed by atoms with Gasteiger partial charge >= 0.3 is 0 Å². The summed E-state index contributed by atoms with van der Waals surface area (Å²) in [6, 6.07) is 6.76. The number of aryl methyl sites for hydroxylation is 1. The Balaban J connectivity index is 0.000000896. The van der Waals surface area contributed by atoms with E-state index in [0.29, 0.717) is 12.3 Å². The first-order chi connectivity index (χ1) is 12.2. The van der Waals surface area contributed by atoms with E-state index in [4.69, 9.17) is 0 Å². The molecule has 1 atom stereocenters. The molecular formula is C20H33N3O2S. The molecule has 1 aromatic rings. The molecule has 0 aromatic heterocycles. The topological polar surface area (TPSA) is 61.8 Å². The standard InChI is InChI=1S/C16H24N2OS.C4H9NO/c1-11(2)14-8-7-12(3)9-15(14)18(6)16(17-5)20-13(4)10-19;1-4(2)5-3-6/h7-11,13H,1-6H3;3-4H,1-2H3,(H,5,6). The maximum absolute atomic E-state index is 10.9. The Bertz CT molecular complexity index is 601. The second-order valence-electron chi connectivity index (χ2n) is 6.68. The van der Waals surface area contributed by atoms with Gasteiger partial charge in [0.25, 0.3) is 0 Å². The highest BCUT2D eigenvalue weighted by Crippen LogP contribution is 2.30. The molecule has 1 N–H and O–H groups in total. The molecule has 0 fully saturated rings. The minimum atomic E-state index is -0.0940. The minimum absolute atomic E-state index is 0.0940. The third-order valence-electron chi connectivity index (χ3n) is 3.53. The predicted octanol–water partition coefficient (Wildman–Crippen LogP) is 4.00. The second-order valence-corrected chi connectivity index (χ2v) is 8.02. The van der Waals surface area contributed by atoms with Gasteiger partial charge in [0.2, 0.25) is 6.41 Å². The van der Waals surface area contributed by atoms with Crippen LogP contribution in [0.1, 0.15) is 51.7 Å². The third-order valence-corrected chi connectivity index (χ3v) is 4.68. The fourth-order valence-electron chi connectivity index (χ4n) is 2.15. The fraction of sp³-hybridized carbons (Fsp3) is 0.550. The molecule has 0 heterocycles. The van der Waals surface area contributed by atoms with Crippen LogP contribution in [0.5, 0.6) is 0 Å². The average molecular weight is 380 g/mol. The molecule has 1 aromatic carbocycles. The van der Waals surface area contributed by atoms with Crippen molar-refractivity contribution in [3.8, 4) is 0 Å². The lowest BCUT2D eigenvalue weighted by Gasteiger charge is -2.26. The lowest BCUT2D eigenvalue weighted by Crippen LogP contribution is -2.27. The first-order valence-corrected chi connectivity index (χ1v) is 9.68. The molecule has 6 heteroatoms. The van der Waals surface area contributed by atoms with Crippen LogP contribution in [0.4, 0.5) is 5.69 Å². The largest absolute Gasteiger partial charge is 0.357 e. The summed E-state index contributed by atoms with van der Waals surface area (Å²) in [5.41, 5.74) is 3.67. The van der Waals surface area contributed by atoms with Crippen LogP contribution in [0, 0.1) is 6.92 Å². The highest BCUT2D eigenvalue weighted by Gasteiger charge is 2.17. The molecule has 0 saturated heterocycles. The van der Waals surface area contributed by atoms with E-state index < -0.39 is 0 Å². The van der Waals surface area contributed by atoms with Crippen LogP contribution in [0.2, 0.25) is 0 Å². The zero-order chi connectivity index (χ0) is 20.3. The Morgan fingerprint density at radius 3 is 2.19 bits per heavy atom. The number of anilines is 1. The van der Waals surface area contributed by atoms with Crippen LogP contribution in [-0.2, 0) is 9.59 Å². The lowest BCUT2D eigenvalue weighted by atomic mass is 9.99. The van der Waals surface area contributed by atoms with Crippen LogP contribution in [0.25, 0.3) is 0 Å². The molecule has 1 rings (SSSR count). The molecule has 1 unspecified atom stereocenters. The second kappa shape index (κ2) is 12.5. The number of benzene rings is 1. The van der Waals surface area contributed by atoms with Crippen LogP contribution in [0.3, 0.4) is 0 Å². The van der Waals surface area contributed by atoms with Crippen molar-refractivity contribution < 1.29 is 9.59 Å². The molecule has 1 amide bonds. The van der Waals surface area contributed by atoms with Gasteiger partial charge in [0.05, 0.1) is 5.25 Å². The van der Waals surface area contributed by atoms with E-state index in [-0.39, 0.29) is 11.3 Å². The van der Waals surface area contributed by atoms with Gasteiger partial charge in [0.15, 0.2) is 5.17 Å². The van der Waals surface area contributed by atoms with E-state index >= 15 is 0 Å². The number of nitrogens with zero attached hydrogens (tertiary/aromatic N) is 2. The molecule has 0 saturated carbocycles. The predicted molar refractivity (Wildman–Crippen MR) is 114 cm³/mol. The summed E-state index contributed by atoms with van der Waals surface area (Å²) in [6.45, 7) is 12.2. The number of aldehydes is 1. The van der Waals surface area contributed by atoms with Crippen molar-refractivity contribution in [1.82, 2.24) is 5.32 Å². The van der Waals surface area contributed by atoms with Gasteiger partial charge < -0.3 is 15.0 Å². The Kier molecular flexibility index (Phi) is 11.6. The first-order valence-electron chi connectivity index (χ1n) is 8.80. The number of aliphatic imine (C=N–C) groups is 1. The number of hydrogen-bond donors (Lipinski definition) is 1. The van der Waals surface area contributed by atoms with Crippen molar-refractivity contribution in [2.75, 3.05) is 19.0 Å². The van der Waals surface area contributed by atoms with Gasteiger partial charge in [-0.15, -0.1) is 0 Å². The van der Waals surface area contributed by atoms with E-state index in [2.05, 4.69) is 54.2 Å². The smallest absolute Gasteiger partial charge is 0.207 e. The number of amides is 1. The van der Waals surface area contributed by atoms with Crippen LogP contribution >= 0.6 is 11.8 Å². The number of amidine groups is 1. The Labute approximate surface area is 162 Å². The number of rotatable bonds is 6. The summed E-state index contributed by atoms with van der Waals surface area (Å²) in [5, 5.41) is 3.29. The summed E-state index contributed by atoms with van der Waals surface area (Å²) >= 11 is 1.48. The van der Waals surface area contributed by atoms with Crippen LogP contribution in [-0.4, -0.2) is 43.3 Å². The molecule has 0 aliphatic carbocycles. The average Bonchev–Trinajstić information content (AvgIpc) is 2.58. The number of nitrogens with one attached hydrogen (secondary N) is 1. The van der Waals surface area contributed by atoms with E-state index in [1.165, 1.54) is 22.9 Å².